The molecule has 0 unspecified atom stereocenters. The van der Waals surface area contributed by atoms with E-state index < -0.39 is 0 Å². The Morgan fingerprint density at radius 3 is 2.89 bits per heavy atom. The van der Waals surface area contributed by atoms with Crippen LogP contribution < -0.4 is 16.3 Å². The van der Waals surface area contributed by atoms with Crippen molar-refractivity contribution in [1.29, 1.82) is 0 Å². The molecule has 0 amide bonds. The van der Waals surface area contributed by atoms with Crippen molar-refractivity contribution in [2.24, 2.45) is 5.73 Å². The van der Waals surface area contributed by atoms with E-state index in [2.05, 4.69) is 20.1 Å². The maximum atomic E-state index is 11.4. The van der Waals surface area contributed by atoms with E-state index in [0.29, 0.717) is 17.7 Å². The highest BCUT2D eigenvalue weighted by Crippen LogP contribution is 2.24. The van der Waals surface area contributed by atoms with Crippen LogP contribution in [0.4, 0.5) is 5.82 Å². The van der Waals surface area contributed by atoms with Crippen molar-refractivity contribution >= 4 is 11.5 Å². The number of aromatic nitrogens is 4. The number of hydrogen-bond acceptors (Lipinski definition) is 5. The number of hydrogen-bond donors (Lipinski definition) is 2. The molecule has 7 nitrogen and oxygen atoms in total. The molecule has 2 aromatic heterocycles. The van der Waals surface area contributed by atoms with Gasteiger partial charge in [-0.3, -0.25) is 0 Å². The van der Waals surface area contributed by atoms with E-state index >= 15 is 0 Å². The molecular weight excluding hydrogens is 244 g/mol. The van der Waals surface area contributed by atoms with Crippen LogP contribution in [0.2, 0.25) is 0 Å². The number of rotatable bonds is 2. The molecule has 7 heteroatoms. The molecule has 0 spiro atoms. The van der Waals surface area contributed by atoms with Gasteiger partial charge in [-0.05, 0) is 25.7 Å². The Morgan fingerprint density at radius 2 is 2.16 bits per heavy atom. The van der Waals surface area contributed by atoms with Crippen LogP contribution in [-0.4, -0.2) is 38.7 Å². The zero-order chi connectivity index (χ0) is 13.4. The Balaban J connectivity index is 1.85. The zero-order valence-corrected chi connectivity index (χ0v) is 10.9. The maximum Gasteiger partial charge on any atom is 0.348 e. The smallest absolute Gasteiger partial charge is 0.348 e. The van der Waals surface area contributed by atoms with Crippen molar-refractivity contribution in [3.8, 4) is 0 Å². The van der Waals surface area contributed by atoms with Gasteiger partial charge in [0.1, 0.15) is 12.1 Å². The lowest BCUT2D eigenvalue weighted by atomic mass is 9.91. The first kappa shape index (κ1) is 12.2. The van der Waals surface area contributed by atoms with Gasteiger partial charge >= 0.3 is 5.69 Å². The number of aromatic amines is 1. The van der Waals surface area contributed by atoms with Crippen molar-refractivity contribution in [2.45, 2.75) is 37.8 Å². The molecule has 1 fully saturated rings. The van der Waals surface area contributed by atoms with Crippen molar-refractivity contribution in [3.05, 3.63) is 22.9 Å². The monoisotopic (exact) mass is 262 g/mol. The lowest BCUT2D eigenvalue weighted by Gasteiger charge is -2.34. The van der Waals surface area contributed by atoms with Gasteiger partial charge < -0.3 is 10.6 Å². The summed E-state index contributed by atoms with van der Waals surface area (Å²) in [4.78, 5) is 17.9. The SMILES string of the molecule is CN(c1cc2n[nH]c(=O)n2cn1)C1CCC(N)CC1. The highest BCUT2D eigenvalue weighted by Gasteiger charge is 2.23. The highest BCUT2D eigenvalue weighted by molar-refractivity contribution is 5.50. The van der Waals surface area contributed by atoms with Crippen LogP contribution in [0.3, 0.4) is 0 Å². The summed E-state index contributed by atoms with van der Waals surface area (Å²) in [6, 6.07) is 2.62. The molecule has 0 atom stereocenters. The molecule has 2 aromatic rings. The molecule has 3 N–H and O–H groups in total. The molecule has 19 heavy (non-hydrogen) atoms. The fourth-order valence-corrected chi connectivity index (χ4v) is 2.67. The van der Waals surface area contributed by atoms with Crippen LogP contribution in [0.25, 0.3) is 5.65 Å². The van der Waals surface area contributed by atoms with E-state index in [4.69, 9.17) is 5.73 Å². The lowest BCUT2D eigenvalue weighted by Crippen LogP contribution is -2.39. The van der Waals surface area contributed by atoms with Gasteiger partial charge in [0.2, 0.25) is 0 Å². The summed E-state index contributed by atoms with van der Waals surface area (Å²) in [5, 5.41) is 6.37. The summed E-state index contributed by atoms with van der Waals surface area (Å²) in [6.45, 7) is 0. The van der Waals surface area contributed by atoms with Gasteiger partial charge in [-0.15, -0.1) is 0 Å². The van der Waals surface area contributed by atoms with Gasteiger partial charge in [-0.25, -0.2) is 19.3 Å². The van der Waals surface area contributed by atoms with Crippen LogP contribution in [0.15, 0.2) is 17.2 Å². The summed E-state index contributed by atoms with van der Waals surface area (Å²) >= 11 is 0. The molecule has 0 aliphatic heterocycles. The number of anilines is 1. The maximum absolute atomic E-state index is 11.4. The van der Waals surface area contributed by atoms with Crippen molar-refractivity contribution in [2.75, 3.05) is 11.9 Å². The number of fused-ring (bicyclic) bond motifs is 1. The topological polar surface area (TPSA) is 92.3 Å². The zero-order valence-electron chi connectivity index (χ0n) is 10.9. The molecule has 1 saturated carbocycles. The van der Waals surface area contributed by atoms with Crippen molar-refractivity contribution in [1.82, 2.24) is 19.6 Å². The summed E-state index contributed by atoms with van der Waals surface area (Å²) < 4.78 is 1.40. The third kappa shape index (κ3) is 2.21. The molecule has 0 radical (unpaired) electrons. The Hall–Kier alpha value is -1.89. The van der Waals surface area contributed by atoms with Gasteiger partial charge in [0.15, 0.2) is 5.65 Å². The highest BCUT2D eigenvalue weighted by atomic mass is 16.1. The van der Waals surface area contributed by atoms with Crippen LogP contribution in [-0.2, 0) is 0 Å². The van der Waals surface area contributed by atoms with E-state index in [-0.39, 0.29) is 5.69 Å². The van der Waals surface area contributed by atoms with E-state index in [9.17, 15) is 4.79 Å². The fraction of sp³-hybridized carbons (Fsp3) is 0.583. The first-order valence-corrected chi connectivity index (χ1v) is 6.56. The molecule has 2 heterocycles. The van der Waals surface area contributed by atoms with E-state index in [1.807, 2.05) is 13.1 Å². The molecule has 1 aliphatic carbocycles. The first-order valence-electron chi connectivity index (χ1n) is 6.56. The summed E-state index contributed by atoms with van der Waals surface area (Å²) in [7, 11) is 2.03. The first-order chi connectivity index (χ1) is 9.15. The Kier molecular flexibility index (Phi) is 2.98. The standard InChI is InChI=1S/C12H18N6O/c1-17(9-4-2-8(13)3-5-9)10-6-11-15-16-12(19)18(11)7-14-10/h6-9H,2-5,13H2,1H3,(H,16,19). The quantitative estimate of drug-likeness (QED) is 0.802. The van der Waals surface area contributed by atoms with Crippen LogP contribution in [0, 0.1) is 0 Å². The molecule has 0 saturated heterocycles. The van der Waals surface area contributed by atoms with Crippen LogP contribution in [0.1, 0.15) is 25.7 Å². The Morgan fingerprint density at radius 1 is 1.42 bits per heavy atom. The molecule has 0 aromatic carbocycles. The minimum Gasteiger partial charge on any atom is -0.357 e. The van der Waals surface area contributed by atoms with Gasteiger partial charge in [-0.2, -0.15) is 5.10 Å². The van der Waals surface area contributed by atoms with Gasteiger partial charge in [0.25, 0.3) is 0 Å². The van der Waals surface area contributed by atoms with E-state index in [0.717, 1.165) is 31.5 Å². The third-order valence-corrected chi connectivity index (χ3v) is 3.95. The average molecular weight is 262 g/mol. The van der Waals surface area contributed by atoms with Crippen LogP contribution in [0.5, 0.6) is 0 Å². The predicted molar refractivity (Wildman–Crippen MR) is 72.2 cm³/mol. The van der Waals surface area contributed by atoms with Crippen molar-refractivity contribution in [3.63, 3.8) is 0 Å². The number of nitrogens with zero attached hydrogens (tertiary/aromatic N) is 4. The van der Waals surface area contributed by atoms with Gasteiger partial charge in [-0.1, -0.05) is 0 Å². The second-order valence-corrected chi connectivity index (χ2v) is 5.18. The second-order valence-electron chi connectivity index (χ2n) is 5.18. The average Bonchev–Trinajstić information content (AvgIpc) is 2.80. The molecule has 0 bridgehead atoms. The largest absolute Gasteiger partial charge is 0.357 e. The fourth-order valence-electron chi connectivity index (χ4n) is 2.67. The Bertz CT molecular complexity index is 624. The molecule has 3 rings (SSSR count). The number of nitrogens with one attached hydrogen (secondary N) is 1. The molecule has 102 valence electrons. The summed E-state index contributed by atoms with van der Waals surface area (Å²) in [5.74, 6) is 0.840. The van der Waals surface area contributed by atoms with E-state index in [1.54, 1.807) is 0 Å². The third-order valence-electron chi connectivity index (χ3n) is 3.95. The predicted octanol–water partition coefficient (Wildman–Crippen LogP) is 0.124. The minimum absolute atomic E-state index is 0.264. The lowest BCUT2D eigenvalue weighted by molar-refractivity contribution is 0.384. The van der Waals surface area contributed by atoms with Crippen LogP contribution >= 0.6 is 0 Å². The normalized spacial score (nSPS) is 23.7. The summed E-state index contributed by atoms with van der Waals surface area (Å²) in [5.41, 5.74) is 6.26. The molecule has 1 aliphatic rings. The second kappa shape index (κ2) is 4.65. The van der Waals surface area contributed by atoms with Crippen molar-refractivity contribution < 1.29 is 0 Å². The number of nitrogens with two attached hydrogens (primary N) is 1. The van der Waals surface area contributed by atoms with E-state index in [1.165, 1.54) is 10.7 Å². The van der Waals surface area contributed by atoms with Gasteiger partial charge in [0.05, 0.1) is 0 Å². The molecular formula is C12H18N6O. The summed E-state index contributed by atoms with van der Waals surface area (Å²) in [6.07, 6.45) is 5.79. The van der Waals surface area contributed by atoms with Gasteiger partial charge in [0, 0.05) is 25.2 Å². The Labute approximate surface area is 110 Å². The number of H-pyrrole nitrogens is 1. The minimum atomic E-state index is -0.264.